The maximum absolute atomic E-state index is 14.1. The van der Waals surface area contributed by atoms with Crippen molar-refractivity contribution in [2.24, 2.45) is 0 Å². The molecule has 35 heavy (non-hydrogen) atoms. The van der Waals surface area contributed by atoms with E-state index in [0.717, 1.165) is 24.1 Å². The van der Waals surface area contributed by atoms with Gasteiger partial charge in [0.05, 0.1) is 6.04 Å². The zero-order chi connectivity index (χ0) is 24.4. The molecule has 2 heterocycles. The molecule has 178 valence electrons. The van der Waals surface area contributed by atoms with Crippen molar-refractivity contribution in [1.82, 2.24) is 19.7 Å². The van der Waals surface area contributed by atoms with E-state index in [-0.39, 0.29) is 41.8 Å². The average Bonchev–Trinajstić information content (AvgIpc) is 3.51. The summed E-state index contributed by atoms with van der Waals surface area (Å²) >= 11 is 0. The Morgan fingerprint density at radius 1 is 0.943 bits per heavy atom. The van der Waals surface area contributed by atoms with Crippen LogP contribution >= 0.6 is 0 Å². The van der Waals surface area contributed by atoms with Crippen molar-refractivity contribution in [3.63, 3.8) is 0 Å². The van der Waals surface area contributed by atoms with Crippen molar-refractivity contribution in [3.05, 3.63) is 107 Å². The van der Waals surface area contributed by atoms with Crippen molar-refractivity contribution in [2.75, 3.05) is 6.54 Å². The van der Waals surface area contributed by atoms with E-state index in [1.54, 1.807) is 45.9 Å². The third-order valence-corrected chi connectivity index (χ3v) is 5.93. The topological polar surface area (TPSA) is 60.2 Å². The van der Waals surface area contributed by atoms with Crippen molar-refractivity contribution in [3.8, 4) is 11.4 Å². The number of halogens is 3. The Morgan fingerprint density at radius 3 is 2.51 bits per heavy atom. The van der Waals surface area contributed by atoms with Gasteiger partial charge < -0.3 is 9.64 Å². The smallest absolute Gasteiger partial charge is 0.292 e. The highest BCUT2D eigenvalue weighted by molar-refractivity contribution is 5.92. The number of rotatable bonds is 6. The summed E-state index contributed by atoms with van der Waals surface area (Å²) in [4.78, 5) is 15.3. The molecule has 0 aliphatic carbocycles. The summed E-state index contributed by atoms with van der Waals surface area (Å²) in [7, 11) is 0. The first kappa shape index (κ1) is 22.6. The van der Waals surface area contributed by atoms with E-state index < -0.39 is 11.6 Å². The van der Waals surface area contributed by atoms with Crippen LogP contribution in [0, 0.1) is 17.5 Å². The number of benzene rings is 3. The van der Waals surface area contributed by atoms with Gasteiger partial charge in [-0.05, 0) is 54.8 Å². The fourth-order valence-corrected chi connectivity index (χ4v) is 4.33. The van der Waals surface area contributed by atoms with Crippen LogP contribution in [0.3, 0.4) is 0 Å². The summed E-state index contributed by atoms with van der Waals surface area (Å²) in [6, 6.07) is 18.0. The van der Waals surface area contributed by atoms with Crippen LogP contribution in [0.4, 0.5) is 13.2 Å². The first-order valence-electron chi connectivity index (χ1n) is 11.2. The van der Waals surface area contributed by atoms with Gasteiger partial charge in [-0.15, -0.1) is 10.2 Å². The van der Waals surface area contributed by atoms with Crippen LogP contribution < -0.4 is 4.74 Å². The molecule has 1 aliphatic heterocycles. The third kappa shape index (κ3) is 4.62. The zero-order valence-corrected chi connectivity index (χ0v) is 18.6. The molecule has 0 saturated carbocycles. The molecule has 0 spiro atoms. The minimum absolute atomic E-state index is 0.0673. The van der Waals surface area contributed by atoms with E-state index in [4.69, 9.17) is 4.74 Å². The Labute approximate surface area is 199 Å². The highest BCUT2D eigenvalue weighted by atomic mass is 19.1. The van der Waals surface area contributed by atoms with Gasteiger partial charge in [0.1, 0.15) is 18.2 Å². The molecular formula is C26H21F3N4O2. The summed E-state index contributed by atoms with van der Waals surface area (Å²) in [5.41, 5.74) is 1.34. The number of carbonyl (C=O) groups excluding carboxylic acids is 1. The fraction of sp³-hybridized carbons (Fsp3) is 0.192. The van der Waals surface area contributed by atoms with E-state index in [1.165, 1.54) is 18.2 Å². The number of nitrogens with zero attached hydrogens (tertiary/aromatic N) is 4. The predicted octanol–water partition coefficient (Wildman–Crippen LogP) is 5.24. The maximum Gasteiger partial charge on any atom is 0.292 e. The molecule has 1 saturated heterocycles. The Morgan fingerprint density at radius 2 is 1.74 bits per heavy atom. The molecule has 1 atom stereocenters. The standard InChI is InChI=1S/C26H21F3N4O2/c27-18-7-4-6-17(14-18)22-10-5-13-32(22)26(34)25-31-30-24(33(25)20-8-2-1-3-9-20)16-35-23-12-11-19(28)15-21(23)29/h1-4,6-9,11-12,14-15,22H,5,10,13,16H2/t22-/m1/s1. The Hall–Kier alpha value is -4.14. The summed E-state index contributed by atoms with van der Waals surface area (Å²) < 4.78 is 48.2. The second-order valence-corrected chi connectivity index (χ2v) is 8.19. The van der Waals surface area contributed by atoms with Gasteiger partial charge >= 0.3 is 0 Å². The van der Waals surface area contributed by atoms with Gasteiger partial charge in [0.2, 0.25) is 5.82 Å². The molecule has 3 aromatic carbocycles. The van der Waals surface area contributed by atoms with E-state index in [2.05, 4.69) is 10.2 Å². The highest BCUT2D eigenvalue weighted by Crippen LogP contribution is 2.33. The van der Waals surface area contributed by atoms with Crippen LogP contribution in [0.25, 0.3) is 5.69 Å². The molecule has 0 bridgehead atoms. The second-order valence-electron chi connectivity index (χ2n) is 8.19. The highest BCUT2D eigenvalue weighted by Gasteiger charge is 2.34. The van der Waals surface area contributed by atoms with E-state index in [1.807, 2.05) is 6.07 Å². The molecule has 1 amide bonds. The van der Waals surface area contributed by atoms with Gasteiger partial charge in [0.15, 0.2) is 17.4 Å². The third-order valence-electron chi connectivity index (χ3n) is 5.93. The summed E-state index contributed by atoms with van der Waals surface area (Å²) in [6.45, 7) is 0.291. The average molecular weight is 478 g/mol. The van der Waals surface area contributed by atoms with Crippen molar-refractivity contribution in [2.45, 2.75) is 25.5 Å². The van der Waals surface area contributed by atoms with Crippen LogP contribution in [0.15, 0.2) is 72.8 Å². The Bertz CT molecular complexity index is 1360. The first-order chi connectivity index (χ1) is 17.0. The molecule has 9 heteroatoms. The lowest BCUT2D eigenvalue weighted by Crippen LogP contribution is -2.32. The monoisotopic (exact) mass is 478 g/mol. The molecule has 4 aromatic rings. The van der Waals surface area contributed by atoms with Crippen molar-refractivity contribution in [1.29, 1.82) is 0 Å². The number of para-hydroxylation sites is 1. The summed E-state index contributed by atoms with van der Waals surface area (Å²) in [5.74, 6) is -2.08. The van der Waals surface area contributed by atoms with Crippen LogP contribution in [0.1, 0.15) is 40.9 Å². The normalized spacial score (nSPS) is 15.4. The van der Waals surface area contributed by atoms with Gasteiger partial charge in [-0.3, -0.25) is 9.36 Å². The summed E-state index contributed by atoms with van der Waals surface area (Å²) in [5, 5.41) is 8.29. The van der Waals surface area contributed by atoms with E-state index in [0.29, 0.717) is 18.7 Å². The van der Waals surface area contributed by atoms with Crippen LogP contribution in [0.5, 0.6) is 5.75 Å². The van der Waals surface area contributed by atoms with Crippen molar-refractivity contribution < 1.29 is 22.7 Å². The zero-order valence-electron chi connectivity index (χ0n) is 18.6. The predicted molar refractivity (Wildman–Crippen MR) is 121 cm³/mol. The number of hydrogen-bond donors (Lipinski definition) is 0. The van der Waals surface area contributed by atoms with Crippen LogP contribution in [-0.4, -0.2) is 32.1 Å². The Balaban J connectivity index is 1.48. The van der Waals surface area contributed by atoms with Gasteiger partial charge in [-0.25, -0.2) is 13.2 Å². The quantitative estimate of drug-likeness (QED) is 0.380. The number of likely N-dealkylation sites (tertiary alicyclic amines) is 1. The second kappa shape index (κ2) is 9.61. The van der Waals surface area contributed by atoms with Crippen LogP contribution in [-0.2, 0) is 6.61 Å². The van der Waals surface area contributed by atoms with Gasteiger partial charge in [0, 0.05) is 18.3 Å². The molecule has 5 rings (SSSR count). The summed E-state index contributed by atoms with van der Waals surface area (Å²) in [6.07, 6.45) is 1.47. The lowest BCUT2D eigenvalue weighted by atomic mass is 10.0. The molecule has 1 aromatic heterocycles. The van der Waals surface area contributed by atoms with Crippen molar-refractivity contribution >= 4 is 5.91 Å². The minimum atomic E-state index is -0.845. The molecule has 1 aliphatic rings. The fourth-order valence-electron chi connectivity index (χ4n) is 4.33. The molecular weight excluding hydrogens is 457 g/mol. The number of hydrogen-bond acceptors (Lipinski definition) is 4. The largest absolute Gasteiger partial charge is 0.483 e. The van der Waals surface area contributed by atoms with Gasteiger partial charge in [0.25, 0.3) is 5.91 Å². The molecule has 0 unspecified atom stereocenters. The molecule has 1 fully saturated rings. The number of ether oxygens (including phenoxy) is 1. The first-order valence-corrected chi connectivity index (χ1v) is 11.2. The minimum Gasteiger partial charge on any atom is -0.483 e. The maximum atomic E-state index is 14.1. The van der Waals surface area contributed by atoms with Crippen LogP contribution in [0.2, 0.25) is 0 Å². The number of amides is 1. The van der Waals surface area contributed by atoms with Gasteiger partial charge in [-0.1, -0.05) is 30.3 Å². The van der Waals surface area contributed by atoms with Gasteiger partial charge in [-0.2, -0.15) is 0 Å². The number of carbonyl (C=O) groups is 1. The number of aromatic nitrogens is 3. The lowest BCUT2D eigenvalue weighted by Gasteiger charge is -2.25. The van der Waals surface area contributed by atoms with E-state index in [9.17, 15) is 18.0 Å². The van der Waals surface area contributed by atoms with E-state index >= 15 is 0 Å². The molecule has 0 radical (unpaired) electrons. The Kier molecular flexibility index (Phi) is 6.22. The molecule has 6 nitrogen and oxygen atoms in total. The SMILES string of the molecule is O=C(c1nnc(COc2ccc(F)cc2F)n1-c1ccccc1)N1CCC[C@@H]1c1cccc(F)c1. The lowest BCUT2D eigenvalue weighted by molar-refractivity contribution is 0.0720. The molecule has 0 N–H and O–H groups in total.